The van der Waals surface area contributed by atoms with Crippen molar-refractivity contribution in [2.24, 2.45) is 0 Å². The molecular formula is C32H29F6N3O7. The van der Waals surface area contributed by atoms with E-state index in [9.17, 15) is 35.9 Å². The van der Waals surface area contributed by atoms with Gasteiger partial charge in [0.2, 0.25) is 0 Å². The van der Waals surface area contributed by atoms with Crippen molar-refractivity contribution in [2.75, 3.05) is 31.1 Å². The molecule has 3 N–H and O–H groups in total. The largest absolute Gasteiger partial charge is 0.490 e. The van der Waals surface area contributed by atoms with Gasteiger partial charge >= 0.3 is 30.3 Å². The number of alkyl halides is 6. The summed E-state index contributed by atoms with van der Waals surface area (Å²) in [5, 5.41) is 22.9. The van der Waals surface area contributed by atoms with Gasteiger partial charge in [0.25, 0.3) is 0 Å². The highest BCUT2D eigenvalue weighted by molar-refractivity contribution is 6.07. The van der Waals surface area contributed by atoms with E-state index >= 15 is 0 Å². The molecule has 10 nitrogen and oxygen atoms in total. The van der Waals surface area contributed by atoms with Crippen LogP contribution in [0.5, 0.6) is 0 Å². The molecule has 0 aliphatic carbocycles. The summed E-state index contributed by atoms with van der Waals surface area (Å²) in [6.07, 6.45) is -2.87. The second-order valence-corrected chi connectivity index (χ2v) is 9.79. The Morgan fingerprint density at radius 2 is 1.25 bits per heavy atom. The van der Waals surface area contributed by atoms with Crippen LogP contribution in [0, 0.1) is 0 Å². The maximum absolute atomic E-state index is 12.6. The summed E-state index contributed by atoms with van der Waals surface area (Å²) < 4.78 is 63.5. The predicted octanol–water partition coefficient (Wildman–Crippen LogP) is 5.66. The fourth-order valence-corrected chi connectivity index (χ4v) is 3.88. The number of benzene rings is 2. The van der Waals surface area contributed by atoms with Crippen LogP contribution >= 0.6 is 0 Å². The molecule has 0 radical (unpaired) electrons. The Hall–Kier alpha value is -5.51. The molecule has 1 aromatic heterocycles. The maximum atomic E-state index is 12.6. The molecule has 0 bridgehead atoms. The number of aliphatic carboxylic acids is 3. The van der Waals surface area contributed by atoms with Crippen molar-refractivity contribution in [3.05, 3.63) is 107 Å². The monoisotopic (exact) mass is 681 g/mol. The first-order valence-corrected chi connectivity index (χ1v) is 13.8. The predicted molar refractivity (Wildman–Crippen MR) is 162 cm³/mol. The van der Waals surface area contributed by atoms with Crippen molar-refractivity contribution in [1.82, 2.24) is 9.88 Å². The summed E-state index contributed by atoms with van der Waals surface area (Å²) in [6, 6.07) is 21.8. The lowest BCUT2D eigenvalue weighted by molar-refractivity contribution is -0.193. The molecule has 1 aliphatic rings. The summed E-state index contributed by atoms with van der Waals surface area (Å²) >= 11 is 0. The zero-order valence-corrected chi connectivity index (χ0v) is 24.9. The fourth-order valence-electron chi connectivity index (χ4n) is 3.88. The van der Waals surface area contributed by atoms with Gasteiger partial charge in [-0.25, -0.2) is 14.4 Å². The summed E-state index contributed by atoms with van der Waals surface area (Å²) in [6.45, 7) is 4.93. The van der Waals surface area contributed by atoms with Gasteiger partial charge in [-0.15, -0.1) is 0 Å². The number of allylic oxidation sites excluding steroid dienone is 1. The third kappa shape index (κ3) is 14.3. The van der Waals surface area contributed by atoms with E-state index in [0.717, 1.165) is 50.1 Å². The molecule has 0 amide bonds. The molecule has 0 saturated carbocycles. The molecule has 1 saturated heterocycles. The van der Waals surface area contributed by atoms with Crippen LogP contribution in [0.4, 0.5) is 32.0 Å². The molecule has 0 spiro atoms. The Labute approximate surface area is 269 Å². The van der Waals surface area contributed by atoms with Crippen LogP contribution in [-0.2, 0) is 20.9 Å². The lowest BCUT2D eigenvalue weighted by Crippen LogP contribution is -2.45. The van der Waals surface area contributed by atoms with Gasteiger partial charge < -0.3 is 20.2 Å². The van der Waals surface area contributed by atoms with Gasteiger partial charge in [-0.05, 0) is 59.7 Å². The van der Waals surface area contributed by atoms with Crippen LogP contribution in [0.1, 0.15) is 27.2 Å². The second-order valence-electron chi connectivity index (χ2n) is 9.79. The minimum atomic E-state index is -5.08. The Morgan fingerprint density at radius 3 is 1.71 bits per heavy atom. The molecule has 1 aliphatic heterocycles. The van der Waals surface area contributed by atoms with E-state index in [-0.39, 0.29) is 5.78 Å². The van der Waals surface area contributed by atoms with Crippen LogP contribution in [0.15, 0.2) is 85.1 Å². The molecule has 48 heavy (non-hydrogen) atoms. The minimum absolute atomic E-state index is 0.0749. The van der Waals surface area contributed by atoms with Crippen LogP contribution in [0.2, 0.25) is 0 Å². The average molecular weight is 682 g/mol. The van der Waals surface area contributed by atoms with Crippen molar-refractivity contribution in [3.8, 4) is 0 Å². The summed E-state index contributed by atoms with van der Waals surface area (Å²) in [4.78, 5) is 49.9. The third-order valence-corrected chi connectivity index (χ3v) is 6.26. The molecule has 256 valence electrons. The molecule has 3 aromatic rings. The minimum Gasteiger partial charge on any atom is -0.478 e. The molecule has 2 aromatic carbocycles. The first kappa shape index (κ1) is 38.7. The number of ketones is 1. The average Bonchev–Trinajstić information content (AvgIpc) is 3.04. The van der Waals surface area contributed by atoms with E-state index in [4.69, 9.17) is 24.9 Å². The number of carbonyl (C=O) groups is 4. The number of nitrogens with zero attached hydrogens (tertiary/aromatic N) is 3. The quantitative estimate of drug-likeness (QED) is 0.154. The maximum Gasteiger partial charge on any atom is 0.490 e. The number of carbonyl (C=O) groups excluding carboxylic acids is 1. The van der Waals surface area contributed by atoms with E-state index in [1.54, 1.807) is 24.4 Å². The van der Waals surface area contributed by atoms with Crippen LogP contribution in [-0.4, -0.2) is 87.4 Å². The molecule has 2 heterocycles. The van der Waals surface area contributed by atoms with Gasteiger partial charge in [0.1, 0.15) is 0 Å². The highest BCUT2D eigenvalue weighted by Crippen LogP contribution is 2.19. The van der Waals surface area contributed by atoms with E-state index < -0.39 is 30.3 Å². The van der Waals surface area contributed by atoms with Gasteiger partial charge in [-0.2, -0.15) is 26.3 Å². The van der Waals surface area contributed by atoms with Crippen molar-refractivity contribution in [2.45, 2.75) is 18.9 Å². The van der Waals surface area contributed by atoms with Crippen LogP contribution in [0.3, 0.4) is 0 Å². The van der Waals surface area contributed by atoms with Gasteiger partial charge in [0.15, 0.2) is 5.78 Å². The number of rotatable bonds is 8. The highest BCUT2D eigenvalue weighted by Gasteiger charge is 2.38. The standard InChI is InChI=1S/C28H27N3O3.2C2HF3O2/c32-27(14-7-22-6-10-25(29-20-22)11-15-28(33)34)24-8-12-26(13-9-24)31-18-16-30(17-19-31)21-23-4-2-1-3-5-23;2*3-2(4,5)1(6)7/h1-15,20H,16-19,21H2,(H,33,34);2*(H,6,7)/b14-7+,15-11+;;. The number of pyridine rings is 1. The molecule has 16 heteroatoms. The lowest BCUT2D eigenvalue weighted by atomic mass is 10.1. The molecule has 1 fully saturated rings. The topological polar surface area (TPSA) is 148 Å². The highest BCUT2D eigenvalue weighted by atomic mass is 19.4. The third-order valence-electron chi connectivity index (χ3n) is 6.26. The number of hydrogen-bond donors (Lipinski definition) is 3. The van der Waals surface area contributed by atoms with Gasteiger partial charge in [0.05, 0.1) is 5.69 Å². The lowest BCUT2D eigenvalue weighted by Gasteiger charge is -2.36. The zero-order chi connectivity index (χ0) is 35.9. The number of anilines is 1. The summed E-state index contributed by atoms with van der Waals surface area (Å²) in [5.41, 5.74) is 4.42. The Bertz CT molecular complexity index is 1540. The Balaban J connectivity index is 0.000000479. The van der Waals surface area contributed by atoms with Crippen molar-refractivity contribution < 1.29 is 60.8 Å². The number of aromatic nitrogens is 1. The Morgan fingerprint density at radius 1 is 0.708 bits per heavy atom. The first-order valence-electron chi connectivity index (χ1n) is 13.8. The van der Waals surface area contributed by atoms with E-state index in [1.807, 2.05) is 30.3 Å². The number of halogens is 6. The van der Waals surface area contributed by atoms with E-state index in [1.165, 1.54) is 17.7 Å². The van der Waals surface area contributed by atoms with Crippen molar-refractivity contribution in [1.29, 1.82) is 0 Å². The normalized spacial score (nSPS) is 13.7. The Kier molecular flexibility index (Phi) is 14.5. The van der Waals surface area contributed by atoms with Gasteiger partial charge in [0, 0.05) is 56.2 Å². The van der Waals surface area contributed by atoms with Crippen LogP contribution < -0.4 is 4.90 Å². The number of piperazine rings is 1. The smallest absolute Gasteiger partial charge is 0.478 e. The summed E-state index contributed by atoms with van der Waals surface area (Å²) in [7, 11) is 0. The molecule has 0 unspecified atom stereocenters. The fraction of sp³-hybridized carbons (Fsp3) is 0.219. The number of carboxylic acid groups (broad SMARTS) is 3. The first-order chi connectivity index (χ1) is 22.5. The molecular weight excluding hydrogens is 652 g/mol. The van der Waals surface area contributed by atoms with Gasteiger partial charge in [-0.3, -0.25) is 14.7 Å². The second kappa shape index (κ2) is 18.0. The number of carboxylic acids is 3. The molecule has 0 atom stereocenters. The van der Waals surface area contributed by atoms with Gasteiger partial charge in [-0.1, -0.05) is 36.4 Å². The number of hydrogen-bond acceptors (Lipinski definition) is 7. The summed E-state index contributed by atoms with van der Waals surface area (Å²) in [5.74, 6) is -6.61. The SMILES string of the molecule is O=C(O)/C=C/c1ccc(/C=C/C(=O)c2ccc(N3CCN(Cc4ccccc4)CC3)cc2)cn1.O=C(O)C(F)(F)F.O=C(O)C(F)(F)F. The molecule has 4 rings (SSSR count). The van der Waals surface area contributed by atoms with Crippen molar-refractivity contribution >= 4 is 41.5 Å². The zero-order valence-electron chi connectivity index (χ0n) is 24.9. The van der Waals surface area contributed by atoms with E-state index in [2.05, 4.69) is 39.0 Å². The van der Waals surface area contributed by atoms with Crippen LogP contribution in [0.25, 0.3) is 12.2 Å². The van der Waals surface area contributed by atoms with Crippen molar-refractivity contribution in [3.63, 3.8) is 0 Å². The van der Waals surface area contributed by atoms with E-state index in [0.29, 0.717) is 11.3 Å².